The molecule has 0 aliphatic carbocycles. The van der Waals surface area contributed by atoms with Crippen LogP contribution in [0.2, 0.25) is 0 Å². The third-order valence-corrected chi connectivity index (χ3v) is 6.89. The number of halogens is 5. The van der Waals surface area contributed by atoms with Crippen molar-refractivity contribution in [2.24, 2.45) is 0 Å². The third kappa shape index (κ3) is 3.29. The molecule has 1 aliphatic heterocycles. The number of sulfone groups is 1. The van der Waals surface area contributed by atoms with Gasteiger partial charge in [0.1, 0.15) is 0 Å². The molecule has 2 aromatic rings. The van der Waals surface area contributed by atoms with E-state index in [1.165, 1.54) is 25.2 Å². The highest BCUT2D eigenvalue weighted by atomic mass is 32.2. The van der Waals surface area contributed by atoms with E-state index in [2.05, 4.69) is 0 Å². The number of carbonyl (C=O) groups excluding carboxylic acids is 1. The second-order valence-corrected chi connectivity index (χ2v) is 9.13. The van der Waals surface area contributed by atoms with E-state index >= 15 is 0 Å². The highest BCUT2D eigenvalue weighted by Gasteiger charge is 2.57. The van der Waals surface area contributed by atoms with Crippen molar-refractivity contribution in [3.05, 3.63) is 59.7 Å². The molecular weight excluding hydrogens is 417 g/mol. The summed E-state index contributed by atoms with van der Waals surface area (Å²) in [6, 6.07) is 8.35. The van der Waals surface area contributed by atoms with Gasteiger partial charge < -0.3 is 4.90 Å². The summed E-state index contributed by atoms with van der Waals surface area (Å²) in [7, 11) is -3.93. The molecule has 0 spiro atoms. The van der Waals surface area contributed by atoms with Crippen LogP contribution in [0.25, 0.3) is 0 Å². The monoisotopic (exact) mass is 433 g/mol. The van der Waals surface area contributed by atoms with Gasteiger partial charge in [0.05, 0.1) is 15.9 Å². The Morgan fingerprint density at radius 3 is 2.14 bits per heavy atom. The van der Waals surface area contributed by atoms with Crippen molar-refractivity contribution < 1.29 is 35.2 Å². The molecule has 0 bridgehead atoms. The van der Waals surface area contributed by atoms with E-state index in [1.807, 2.05) is 0 Å². The van der Waals surface area contributed by atoms with Gasteiger partial charge >= 0.3 is 11.4 Å². The minimum absolute atomic E-state index is 0.0263. The summed E-state index contributed by atoms with van der Waals surface area (Å²) >= 11 is 0. The molecule has 3 rings (SSSR count). The van der Waals surface area contributed by atoms with Crippen molar-refractivity contribution in [2.45, 2.75) is 35.1 Å². The zero-order chi connectivity index (χ0) is 21.8. The number of hydrogen-bond donors (Lipinski definition) is 0. The van der Waals surface area contributed by atoms with Gasteiger partial charge in [-0.25, -0.2) is 8.42 Å². The number of hydrogen-bond acceptors (Lipinski definition) is 3. The molecule has 156 valence electrons. The van der Waals surface area contributed by atoms with E-state index in [-0.39, 0.29) is 11.3 Å². The summed E-state index contributed by atoms with van der Waals surface area (Å²) in [6.45, 7) is 1.03. The van der Waals surface area contributed by atoms with Crippen molar-refractivity contribution >= 4 is 21.4 Å². The number of nitrogens with zero attached hydrogens (tertiary/aromatic N) is 1. The highest BCUT2D eigenvalue weighted by molar-refractivity contribution is 7.92. The van der Waals surface area contributed by atoms with E-state index in [1.54, 1.807) is 0 Å². The highest BCUT2D eigenvalue weighted by Crippen LogP contribution is 2.50. The first-order valence-corrected chi connectivity index (χ1v) is 9.87. The fourth-order valence-electron chi connectivity index (χ4n) is 3.49. The summed E-state index contributed by atoms with van der Waals surface area (Å²) in [5.41, 5.74) is -3.53. The standard InChI is InChI=1S/C19H16F5NO3S/c1-17(11-18(20,21)29(27,28)13-6-4-3-5-7-13)14-10-12(19(22,23)24)8-9-15(14)25(2)16(17)26/h3-10H,11H2,1-2H3. The van der Waals surface area contributed by atoms with E-state index in [0.717, 1.165) is 36.1 Å². The number of anilines is 1. The average molecular weight is 433 g/mol. The van der Waals surface area contributed by atoms with Gasteiger partial charge in [-0.2, -0.15) is 22.0 Å². The van der Waals surface area contributed by atoms with Gasteiger partial charge in [0.25, 0.3) is 0 Å². The van der Waals surface area contributed by atoms with Crippen molar-refractivity contribution in [1.29, 1.82) is 0 Å². The van der Waals surface area contributed by atoms with Gasteiger partial charge in [-0.3, -0.25) is 4.79 Å². The van der Waals surface area contributed by atoms with Crippen LogP contribution in [0.5, 0.6) is 0 Å². The quantitative estimate of drug-likeness (QED) is 0.672. The van der Waals surface area contributed by atoms with Crippen molar-refractivity contribution in [3.63, 3.8) is 0 Å². The predicted molar refractivity (Wildman–Crippen MR) is 95.4 cm³/mol. The van der Waals surface area contributed by atoms with E-state index in [0.29, 0.717) is 6.07 Å². The number of fused-ring (bicyclic) bond motifs is 1. The number of rotatable bonds is 4. The predicted octanol–water partition coefficient (Wildman–Crippen LogP) is 4.40. The van der Waals surface area contributed by atoms with Crippen LogP contribution < -0.4 is 4.90 Å². The lowest BCUT2D eigenvalue weighted by molar-refractivity contribution is -0.137. The van der Waals surface area contributed by atoms with Crippen molar-refractivity contribution in [3.8, 4) is 0 Å². The Hall–Kier alpha value is -2.49. The fraction of sp³-hybridized carbons (Fsp3) is 0.316. The maximum absolute atomic E-state index is 14.9. The minimum Gasteiger partial charge on any atom is -0.314 e. The van der Waals surface area contributed by atoms with Crippen LogP contribution in [0, 0.1) is 0 Å². The summed E-state index contributed by atoms with van der Waals surface area (Å²) < 4.78 is 94.1. The molecule has 4 nitrogen and oxygen atoms in total. The molecule has 0 radical (unpaired) electrons. The molecule has 1 atom stereocenters. The first-order valence-electron chi connectivity index (χ1n) is 8.39. The lowest BCUT2D eigenvalue weighted by Crippen LogP contribution is -2.43. The Labute approximate surface area is 163 Å². The smallest absolute Gasteiger partial charge is 0.314 e. The van der Waals surface area contributed by atoms with Crippen LogP contribution >= 0.6 is 0 Å². The van der Waals surface area contributed by atoms with Gasteiger partial charge in [-0.15, -0.1) is 0 Å². The van der Waals surface area contributed by atoms with Crippen molar-refractivity contribution in [2.75, 3.05) is 11.9 Å². The summed E-state index contributed by atoms with van der Waals surface area (Å²) in [5, 5.41) is -4.39. The molecule has 1 heterocycles. The Morgan fingerprint density at radius 2 is 1.59 bits per heavy atom. The van der Waals surface area contributed by atoms with Gasteiger partial charge in [0.15, 0.2) is 0 Å². The average Bonchev–Trinajstić information content (AvgIpc) is 2.82. The zero-order valence-corrected chi connectivity index (χ0v) is 16.1. The summed E-state index contributed by atoms with van der Waals surface area (Å²) in [4.78, 5) is 13.0. The van der Waals surface area contributed by atoms with E-state index < -0.39 is 49.5 Å². The first kappa shape index (κ1) is 21.2. The number of likely N-dealkylation sites (N-methyl/N-ethyl adjacent to an activating group) is 1. The second kappa shape index (κ2) is 6.51. The molecule has 10 heteroatoms. The Bertz CT molecular complexity index is 1070. The van der Waals surface area contributed by atoms with Crippen LogP contribution in [0.1, 0.15) is 24.5 Å². The molecule has 0 saturated heterocycles. The molecule has 1 amide bonds. The first-order chi connectivity index (χ1) is 13.2. The summed E-state index contributed by atoms with van der Waals surface area (Å²) in [5.74, 6) is -0.908. The SMILES string of the molecule is CN1C(=O)C(C)(CC(F)(F)S(=O)(=O)c2ccccc2)c2cc(C(F)(F)F)ccc21. The van der Waals surface area contributed by atoms with Crippen LogP contribution in [-0.2, 0) is 26.2 Å². The van der Waals surface area contributed by atoms with Gasteiger partial charge in [0, 0.05) is 19.2 Å². The summed E-state index contributed by atoms with van der Waals surface area (Å²) in [6.07, 6.45) is -6.24. The van der Waals surface area contributed by atoms with E-state index in [4.69, 9.17) is 0 Å². The number of alkyl halides is 5. The molecule has 1 aliphatic rings. The van der Waals surface area contributed by atoms with Gasteiger partial charge in [0.2, 0.25) is 15.7 Å². The maximum Gasteiger partial charge on any atom is 0.416 e. The van der Waals surface area contributed by atoms with Crippen molar-refractivity contribution in [1.82, 2.24) is 0 Å². The topological polar surface area (TPSA) is 54.5 Å². The van der Waals surface area contributed by atoms with Crippen LogP contribution in [0.15, 0.2) is 53.4 Å². The molecule has 2 aromatic carbocycles. The molecule has 0 fully saturated rings. The molecule has 0 N–H and O–H groups in total. The number of benzene rings is 2. The lowest BCUT2D eigenvalue weighted by Gasteiger charge is -2.28. The third-order valence-electron chi connectivity index (χ3n) is 5.06. The Balaban J connectivity index is 2.11. The molecule has 0 saturated carbocycles. The van der Waals surface area contributed by atoms with Gasteiger partial charge in [-0.05, 0) is 42.8 Å². The molecule has 0 aromatic heterocycles. The number of amides is 1. The normalized spacial score (nSPS) is 20.1. The lowest BCUT2D eigenvalue weighted by atomic mass is 9.80. The van der Waals surface area contributed by atoms with Gasteiger partial charge in [-0.1, -0.05) is 18.2 Å². The molecular formula is C19H16F5NO3S. The second-order valence-electron chi connectivity index (χ2n) is 7.06. The Kier molecular flexibility index (Phi) is 4.77. The zero-order valence-electron chi connectivity index (χ0n) is 15.3. The maximum atomic E-state index is 14.9. The van der Waals surface area contributed by atoms with Crippen LogP contribution in [0.3, 0.4) is 0 Å². The largest absolute Gasteiger partial charge is 0.416 e. The minimum atomic E-state index is -5.17. The molecule has 29 heavy (non-hydrogen) atoms. The molecule has 1 unspecified atom stereocenters. The Morgan fingerprint density at radius 1 is 1.00 bits per heavy atom. The van der Waals surface area contributed by atoms with Crippen LogP contribution in [0.4, 0.5) is 27.6 Å². The number of carbonyl (C=O) groups is 1. The van der Waals surface area contributed by atoms with E-state index in [9.17, 15) is 35.2 Å². The van der Waals surface area contributed by atoms with Crippen LogP contribution in [-0.4, -0.2) is 26.6 Å². The fourth-order valence-corrected chi connectivity index (χ4v) is 4.83.